The van der Waals surface area contributed by atoms with Crippen LogP contribution in [-0.4, -0.2) is 29.1 Å². The van der Waals surface area contributed by atoms with Gasteiger partial charge in [0.25, 0.3) is 0 Å². The van der Waals surface area contributed by atoms with Gasteiger partial charge in [-0.1, -0.05) is 5.16 Å². The molecule has 90 valence electrons. The second-order valence-corrected chi connectivity index (χ2v) is 3.24. The standard InChI is InChI=1S/C7H7F3N2O4/c8-7(9,10)6(1-2-6)5(15)16-12-3(11)4(13)14/h1-2H2,(H2,11,12)(H,13,14). The van der Waals surface area contributed by atoms with Crippen molar-refractivity contribution in [3.8, 4) is 0 Å². The Bertz CT molecular complexity index is 359. The van der Waals surface area contributed by atoms with Gasteiger partial charge in [0.1, 0.15) is 0 Å². The Balaban J connectivity index is 2.68. The van der Waals surface area contributed by atoms with E-state index in [1.807, 2.05) is 0 Å². The lowest BCUT2D eigenvalue weighted by atomic mass is 10.1. The summed E-state index contributed by atoms with van der Waals surface area (Å²) in [7, 11) is 0. The number of hydrogen-bond donors (Lipinski definition) is 2. The number of carbonyl (C=O) groups is 2. The van der Waals surface area contributed by atoms with Crippen molar-refractivity contribution in [3.05, 3.63) is 0 Å². The molecule has 1 aliphatic rings. The van der Waals surface area contributed by atoms with Crippen molar-refractivity contribution in [2.24, 2.45) is 16.3 Å². The number of oxime groups is 1. The molecule has 16 heavy (non-hydrogen) atoms. The molecule has 0 atom stereocenters. The van der Waals surface area contributed by atoms with Crippen LogP contribution in [0.25, 0.3) is 0 Å². The van der Waals surface area contributed by atoms with Crippen LogP contribution >= 0.6 is 0 Å². The van der Waals surface area contributed by atoms with E-state index in [2.05, 4.69) is 9.99 Å². The summed E-state index contributed by atoms with van der Waals surface area (Å²) >= 11 is 0. The Morgan fingerprint density at radius 2 is 1.88 bits per heavy atom. The van der Waals surface area contributed by atoms with Crippen molar-refractivity contribution >= 4 is 17.8 Å². The number of amidine groups is 1. The van der Waals surface area contributed by atoms with Gasteiger partial charge in [-0.15, -0.1) is 0 Å². The van der Waals surface area contributed by atoms with Gasteiger partial charge >= 0.3 is 18.1 Å². The van der Waals surface area contributed by atoms with Crippen LogP contribution < -0.4 is 5.73 Å². The predicted octanol–water partition coefficient (Wildman–Crippen LogP) is 0.229. The molecule has 3 N–H and O–H groups in total. The topological polar surface area (TPSA) is 102 Å². The smallest absolute Gasteiger partial charge is 0.405 e. The van der Waals surface area contributed by atoms with E-state index in [1.165, 1.54) is 0 Å². The lowest BCUT2D eigenvalue weighted by Gasteiger charge is -2.14. The number of rotatable bonds is 2. The number of nitrogens with zero attached hydrogens (tertiary/aromatic N) is 1. The van der Waals surface area contributed by atoms with E-state index in [-0.39, 0.29) is 0 Å². The molecule has 0 radical (unpaired) electrons. The molecule has 1 fully saturated rings. The van der Waals surface area contributed by atoms with Crippen molar-refractivity contribution in [2.45, 2.75) is 19.0 Å². The van der Waals surface area contributed by atoms with Crippen LogP contribution in [0, 0.1) is 5.41 Å². The summed E-state index contributed by atoms with van der Waals surface area (Å²) in [6.07, 6.45) is -5.51. The van der Waals surface area contributed by atoms with E-state index in [9.17, 15) is 22.8 Å². The monoisotopic (exact) mass is 240 g/mol. The minimum Gasteiger partial charge on any atom is -0.475 e. The van der Waals surface area contributed by atoms with E-state index < -0.39 is 42.2 Å². The van der Waals surface area contributed by atoms with E-state index in [0.717, 1.165) is 0 Å². The first-order chi connectivity index (χ1) is 7.21. The van der Waals surface area contributed by atoms with Crippen molar-refractivity contribution < 1.29 is 32.7 Å². The molecule has 6 nitrogen and oxygen atoms in total. The molecule has 0 bridgehead atoms. The molecule has 0 aliphatic heterocycles. The van der Waals surface area contributed by atoms with Gasteiger partial charge in [0.05, 0.1) is 0 Å². The first-order valence-corrected chi connectivity index (χ1v) is 4.05. The van der Waals surface area contributed by atoms with Crippen molar-refractivity contribution in [2.75, 3.05) is 0 Å². The van der Waals surface area contributed by atoms with E-state index >= 15 is 0 Å². The highest BCUT2D eigenvalue weighted by Gasteiger charge is 2.70. The normalized spacial score (nSPS) is 19.1. The van der Waals surface area contributed by atoms with Gasteiger partial charge < -0.3 is 15.7 Å². The zero-order valence-electron chi connectivity index (χ0n) is 7.74. The van der Waals surface area contributed by atoms with Gasteiger partial charge in [0.15, 0.2) is 5.41 Å². The molecule has 1 aliphatic carbocycles. The third kappa shape index (κ3) is 2.07. The fourth-order valence-corrected chi connectivity index (χ4v) is 0.945. The Labute approximate surface area is 86.8 Å². The maximum absolute atomic E-state index is 12.3. The summed E-state index contributed by atoms with van der Waals surface area (Å²) in [5.74, 6) is -4.42. The molecule has 1 saturated carbocycles. The summed E-state index contributed by atoms with van der Waals surface area (Å²) in [5, 5.41) is 10.8. The molecule has 1 rings (SSSR count). The summed E-state index contributed by atoms with van der Waals surface area (Å²) < 4.78 is 37.0. The molecule has 9 heteroatoms. The number of carboxylic acid groups (broad SMARTS) is 1. The number of carbonyl (C=O) groups excluding carboxylic acids is 1. The number of alkyl halides is 3. The number of halogens is 3. The third-order valence-corrected chi connectivity index (χ3v) is 2.13. The highest BCUT2D eigenvalue weighted by Crippen LogP contribution is 2.58. The Morgan fingerprint density at radius 3 is 2.19 bits per heavy atom. The number of nitrogens with two attached hydrogens (primary N) is 1. The van der Waals surface area contributed by atoms with Gasteiger partial charge in [-0.25, -0.2) is 9.59 Å². The van der Waals surface area contributed by atoms with Crippen LogP contribution in [0.15, 0.2) is 5.16 Å². The van der Waals surface area contributed by atoms with Gasteiger partial charge in [-0.2, -0.15) is 13.2 Å². The Kier molecular flexibility index (Phi) is 2.80. The lowest BCUT2D eigenvalue weighted by Crippen LogP contribution is -2.34. The van der Waals surface area contributed by atoms with Crippen LogP contribution in [0.4, 0.5) is 13.2 Å². The Hall–Kier alpha value is -1.80. The molecule has 0 aromatic rings. The number of carboxylic acids is 1. The zero-order chi connectivity index (χ0) is 12.6. The number of hydrogen-bond acceptors (Lipinski definition) is 4. The largest absolute Gasteiger partial charge is 0.475 e. The van der Waals surface area contributed by atoms with Gasteiger partial charge in [-0.3, -0.25) is 0 Å². The van der Waals surface area contributed by atoms with Gasteiger partial charge in [0, 0.05) is 0 Å². The SMILES string of the molecule is N/C(=N/OC(=O)C1(C(F)(F)F)CC1)C(=O)O. The first-order valence-electron chi connectivity index (χ1n) is 4.05. The van der Waals surface area contributed by atoms with Crippen LogP contribution in [0.2, 0.25) is 0 Å². The summed E-state index contributed by atoms with van der Waals surface area (Å²) in [6, 6.07) is 0. The van der Waals surface area contributed by atoms with Crippen LogP contribution in [0.1, 0.15) is 12.8 Å². The molecular weight excluding hydrogens is 233 g/mol. The van der Waals surface area contributed by atoms with Crippen LogP contribution in [0.3, 0.4) is 0 Å². The first kappa shape index (κ1) is 12.3. The molecule has 0 saturated heterocycles. The maximum atomic E-state index is 12.3. The third-order valence-electron chi connectivity index (χ3n) is 2.13. The van der Waals surface area contributed by atoms with Crippen molar-refractivity contribution in [1.29, 1.82) is 0 Å². The Morgan fingerprint density at radius 1 is 1.38 bits per heavy atom. The molecule has 0 spiro atoms. The van der Waals surface area contributed by atoms with Gasteiger partial charge in [0.2, 0.25) is 5.84 Å². The van der Waals surface area contributed by atoms with Crippen LogP contribution in [0.5, 0.6) is 0 Å². The van der Waals surface area contributed by atoms with Crippen LogP contribution in [-0.2, 0) is 14.4 Å². The minimum absolute atomic E-state index is 0.391. The second-order valence-electron chi connectivity index (χ2n) is 3.24. The molecule has 0 heterocycles. The van der Waals surface area contributed by atoms with Crippen molar-refractivity contribution in [1.82, 2.24) is 0 Å². The molecule has 0 amide bonds. The van der Waals surface area contributed by atoms with E-state index in [4.69, 9.17) is 10.8 Å². The van der Waals surface area contributed by atoms with E-state index in [0.29, 0.717) is 0 Å². The summed E-state index contributed by atoms with van der Waals surface area (Å²) in [5.41, 5.74) is 2.18. The summed E-state index contributed by atoms with van der Waals surface area (Å²) in [4.78, 5) is 25.0. The molecule has 0 aromatic carbocycles. The average molecular weight is 240 g/mol. The minimum atomic E-state index is -4.72. The molecule has 0 aromatic heterocycles. The predicted molar refractivity (Wildman–Crippen MR) is 43.1 cm³/mol. The van der Waals surface area contributed by atoms with Gasteiger partial charge in [-0.05, 0) is 12.8 Å². The highest BCUT2D eigenvalue weighted by atomic mass is 19.4. The quantitative estimate of drug-likeness (QED) is 0.311. The lowest BCUT2D eigenvalue weighted by molar-refractivity contribution is -0.206. The second kappa shape index (κ2) is 3.65. The maximum Gasteiger partial charge on any atom is 0.405 e. The summed E-state index contributed by atoms with van der Waals surface area (Å²) in [6.45, 7) is 0. The molecule has 0 unspecified atom stereocenters. The van der Waals surface area contributed by atoms with E-state index in [1.54, 1.807) is 0 Å². The fraction of sp³-hybridized carbons (Fsp3) is 0.571. The fourth-order valence-electron chi connectivity index (χ4n) is 0.945. The molecular formula is C7H7F3N2O4. The zero-order valence-corrected chi connectivity index (χ0v) is 7.74. The average Bonchev–Trinajstić information content (AvgIpc) is 2.92. The number of aliphatic carboxylic acids is 1. The highest BCUT2D eigenvalue weighted by molar-refractivity contribution is 6.33. The van der Waals surface area contributed by atoms with Crippen molar-refractivity contribution in [3.63, 3.8) is 0 Å².